The maximum Gasteiger partial charge on any atom is 0.338 e. The van der Waals surface area contributed by atoms with E-state index in [9.17, 15) is 9.59 Å². The van der Waals surface area contributed by atoms with Gasteiger partial charge in [0.1, 0.15) is 0 Å². The van der Waals surface area contributed by atoms with Crippen molar-refractivity contribution in [3.63, 3.8) is 0 Å². The van der Waals surface area contributed by atoms with Gasteiger partial charge in [-0.1, -0.05) is 23.8 Å². The smallest absolute Gasteiger partial charge is 0.338 e. The number of carbonyl (C=O) groups excluding carboxylic acids is 1. The van der Waals surface area contributed by atoms with E-state index < -0.39 is 11.5 Å². The van der Waals surface area contributed by atoms with Crippen molar-refractivity contribution in [2.75, 3.05) is 7.11 Å². The van der Waals surface area contributed by atoms with Crippen molar-refractivity contribution < 1.29 is 14.1 Å². The number of aryl methyl sites for hydroxylation is 2. The minimum atomic E-state index is -0.608. The predicted octanol–water partition coefficient (Wildman–Crippen LogP) is 2.04. The van der Waals surface area contributed by atoms with Gasteiger partial charge in [0.25, 0.3) is 5.56 Å². The Morgan fingerprint density at radius 1 is 1.35 bits per heavy atom. The maximum absolute atomic E-state index is 12.4. The van der Waals surface area contributed by atoms with Crippen LogP contribution in [0, 0.1) is 6.92 Å². The van der Waals surface area contributed by atoms with Crippen LogP contribution in [-0.2, 0) is 16.9 Å². The van der Waals surface area contributed by atoms with Crippen molar-refractivity contribution in [2.24, 2.45) is 0 Å². The molecule has 0 fully saturated rings. The first-order valence-corrected chi connectivity index (χ1v) is 8.94. The van der Waals surface area contributed by atoms with Gasteiger partial charge in [-0.05, 0) is 19.4 Å². The molecule has 0 atom stereocenters. The SMILES string of the molecule is CCCc1nc(CSc2nc3nc(C)cc(C(=O)OC)c3c(=O)[nH]2)no1. The van der Waals surface area contributed by atoms with Gasteiger partial charge in [0, 0.05) is 12.1 Å². The van der Waals surface area contributed by atoms with Crippen molar-refractivity contribution in [2.45, 2.75) is 37.6 Å². The molecule has 0 unspecified atom stereocenters. The first-order chi connectivity index (χ1) is 12.5. The Morgan fingerprint density at radius 3 is 2.88 bits per heavy atom. The van der Waals surface area contributed by atoms with Crippen LogP contribution in [-0.4, -0.2) is 38.2 Å². The van der Waals surface area contributed by atoms with Crippen LogP contribution in [0.2, 0.25) is 0 Å². The van der Waals surface area contributed by atoms with E-state index in [4.69, 9.17) is 9.26 Å². The molecule has 9 nitrogen and oxygen atoms in total. The van der Waals surface area contributed by atoms with Crippen LogP contribution in [0.1, 0.15) is 41.1 Å². The molecular weight excluding hydrogens is 358 g/mol. The number of thioether (sulfide) groups is 1. The Bertz CT molecular complexity index is 1010. The molecule has 0 aliphatic carbocycles. The van der Waals surface area contributed by atoms with Crippen LogP contribution in [0.25, 0.3) is 11.0 Å². The number of carbonyl (C=O) groups is 1. The van der Waals surface area contributed by atoms with E-state index in [1.165, 1.54) is 24.9 Å². The normalized spacial score (nSPS) is 11.0. The van der Waals surface area contributed by atoms with Crippen molar-refractivity contribution in [3.05, 3.63) is 39.4 Å². The lowest BCUT2D eigenvalue weighted by atomic mass is 10.1. The van der Waals surface area contributed by atoms with Gasteiger partial charge in [0.15, 0.2) is 16.6 Å². The molecule has 0 spiro atoms. The number of esters is 1. The fourth-order valence-corrected chi connectivity index (χ4v) is 3.08. The molecule has 0 aliphatic heterocycles. The van der Waals surface area contributed by atoms with Crippen LogP contribution >= 0.6 is 11.8 Å². The van der Waals surface area contributed by atoms with E-state index >= 15 is 0 Å². The molecule has 3 heterocycles. The van der Waals surface area contributed by atoms with Gasteiger partial charge in [0.2, 0.25) is 5.89 Å². The molecule has 0 radical (unpaired) electrons. The number of aromatic nitrogens is 5. The average Bonchev–Trinajstić information content (AvgIpc) is 3.06. The molecule has 0 saturated heterocycles. The highest BCUT2D eigenvalue weighted by Gasteiger charge is 2.17. The summed E-state index contributed by atoms with van der Waals surface area (Å²) in [5.74, 6) is 0.886. The molecule has 3 rings (SSSR count). The zero-order valence-electron chi connectivity index (χ0n) is 14.5. The molecule has 26 heavy (non-hydrogen) atoms. The fraction of sp³-hybridized carbons (Fsp3) is 0.375. The number of methoxy groups -OCH3 is 1. The van der Waals surface area contributed by atoms with E-state index in [-0.39, 0.29) is 16.6 Å². The zero-order chi connectivity index (χ0) is 18.7. The van der Waals surface area contributed by atoms with Crippen LogP contribution in [0.4, 0.5) is 0 Å². The van der Waals surface area contributed by atoms with Gasteiger partial charge in [-0.25, -0.2) is 14.8 Å². The largest absolute Gasteiger partial charge is 0.465 e. The Labute approximate surface area is 152 Å². The summed E-state index contributed by atoms with van der Waals surface area (Å²) in [6, 6.07) is 1.51. The first kappa shape index (κ1) is 18.1. The van der Waals surface area contributed by atoms with E-state index in [0.717, 1.165) is 12.8 Å². The van der Waals surface area contributed by atoms with E-state index in [1.54, 1.807) is 6.92 Å². The number of fused-ring (bicyclic) bond motifs is 1. The van der Waals surface area contributed by atoms with Gasteiger partial charge < -0.3 is 14.2 Å². The van der Waals surface area contributed by atoms with Crippen LogP contribution in [0.5, 0.6) is 0 Å². The summed E-state index contributed by atoms with van der Waals surface area (Å²) >= 11 is 1.25. The van der Waals surface area contributed by atoms with Crippen LogP contribution in [0.3, 0.4) is 0 Å². The minimum absolute atomic E-state index is 0.108. The van der Waals surface area contributed by atoms with E-state index in [0.29, 0.717) is 28.3 Å². The van der Waals surface area contributed by atoms with E-state index in [2.05, 4.69) is 25.1 Å². The summed E-state index contributed by atoms with van der Waals surface area (Å²) in [5, 5.41) is 4.36. The zero-order valence-corrected chi connectivity index (χ0v) is 15.3. The molecule has 0 bridgehead atoms. The molecule has 0 saturated carbocycles. The van der Waals surface area contributed by atoms with Gasteiger partial charge in [0.05, 0.1) is 23.8 Å². The van der Waals surface area contributed by atoms with Crippen molar-refractivity contribution in [1.82, 2.24) is 25.1 Å². The van der Waals surface area contributed by atoms with Gasteiger partial charge in [-0.15, -0.1) is 0 Å². The van der Waals surface area contributed by atoms with Crippen molar-refractivity contribution in [3.8, 4) is 0 Å². The lowest BCUT2D eigenvalue weighted by Gasteiger charge is -2.06. The van der Waals surface area contributed by atoms with Gasteiger partial charge in [-0.3, -0.25) is 4.79 Å². The standard InChI is InChI=1S/C16H17N5O4S/c1-4-5-11-18-10(21-25-11)7-26-16-19-13-12(14(22)20-16)9(15(23)24-3)6-8(2)17-13/h6H,4-5,7H2,1-3H3,(H,17,19,20,22). The molecule has 10 heteroatoms. The van der Waals surface area contributed by atoms with Crippen molar-refractivity contribution in [1.29, 1.82) is 0 Å². The lowest BCUT2D eigenvalue weighted by Crippen LogP contribution is -2.16. The summed E-state index contributed by atoms with van der Waals surface area (Å²) < 4.78 is 9.86. The predicted molar refractivity (Wildman–Crippen MR) is 94.1 cm³/mol. The Morgan fingerprint density at radius 2 is 2.15 bits per heavy atom. The fourth-order valence-electron chi connectivity index (χ4n) is 2.38. The monoisotopic (exact) mass is 375 g/mol. The van der Waals surface area contributed by atoms with Crippen LogP contribution in [0.15, 0.2) is 20.5 Å². The molecular formula is C16H17N5O4S. The summed E-state index contributed by atoms with van der Waals surface area (Å²) in [6.45, 7) is 3.75. The number of pyridine rings is 1. The average molecular weight is 375 g/mol. The molecule has 1 N–H and O–H groups in total. The maximum atomic E-state index is 12.4. The van der Waals surface area contributed by atoms with Crippen molar-refractivity contribution >= 4 is 28.8 Å². The summed E-state index contributed by atoms with van der Waals surface area (Å²) in [6.07, 6.45) is 1.64. The first-order valence-electron chi connectivity index (χ1n) is 7.96. The number of aromatic amines is 1. The number of ether oxygens (including phenoxy) is 1. The highest BCUT2D eigenvalue weighted by atomic mass is 32.2. The second-order valence-corrected chi connectivity index (χ2v) is 6.48. The Hall–Kier alpha value is -2.75. The summed E-state index contributed by atoms with van der Waals surface area (Å²) in [4.78, 5) is 39.9. The third kappa shape index (κ3) is 3.74. The molecule has 0 amide bonds. The number of nitrogens with one attached hydrogen (secondary N) is 1. The van der Waals surface area contributed by atoms with E-state index in [1.807, 2.05) is 6.92 Å². The number of hydrogen-bond acceptors (Lipinski definition) is 9. The second kappa shape index (κ2) is 7.65. The van der Waals surface area contributed by atoms with Gasteiger partial charge in [-0.2, -0.15) is 4.98 Å². The minimum Gasteiger partial charge on any atom is -0.465 e. The highest BCUT2D eigenvalue weighted by molar-refractivity contribution is 7.98. The quantitative estimate of drug-likeness (QED) is 0.391. The number of rotatable bonds is 6. The topological polar surface area (TPSA) is 124 Å². The molecule has 0 aliphatic rings. The molecule has 3 aromatic rings. The van der Waals surface area contributed by atoms with Crippen LogP contribution < -0.4 is 5.56 Å². The number of nitrogens with zero attached hydrogens (tertiary/aromatic N) is 4. The molecule has 3 aromatic heterocycles. The van der Waals surface area contributed by atoms with Gasteiger partial charge >= 0.3 is 5.97 Å². The Kier molecular flexibility index (Phi) is 5.31. The highest BCUT2D eigenvalue weighted by Crippen LogP contribution is 2.20. The molecule has 0 aromatic carbocycles. The third-order valence-corrected chi connectivity index (χ3v) is 4.37. The summed E-state index contributed by atoms with van der Waals surface area (Å²) in [5.41, 5.74) is 0.443. The number of hydrogen-bond donors (Lipinski definition) is 1. The Balaban J connectivity index is 1.90. The lowest BCUT2D eigenvalue weighted by molar-refractivity contribution is 0.0602. The second-order valence-electron chi connectivity index (χ2n) is 5.52. The summed E-state index contributed by atoms with van der Waals surface area (Å²) in [7, 11) is 1.26. The molecule has 136 valence electrons. The third-order valence-electron chi connectivity index (χ3n) is 3.50. The number of H-pyrrole nitrogens is 1.